The second-order valence-corrected chi connectivity index (χ2v) is 4.41. The van der Waals surface area contributed by atoms with Crippen LogP contribution in [0.4, 0.5) is 5.13 Å². The maximum atomic E-state index is 5.78. The van der Waals surface area contributed by atoms with Gasteiger partial charge in [-0.25, -0.2) is 4.98 Å². The van der Waals surface area contributed by atoms with E-state index in [1.807, 2.05) is 0 Å². The number of aromatic nitrogens is 2. The Morgan fingerprint density at radius 2 is 2.21 bits per heavy atom. The van der Waals surface area contributed by atoms with Gasteiger partial charge < -0.3 is 11.1 Å². The molecule has 0 fully saturated rings. The maximum absolute atomic E-state index is 5.78. The highest BCUT2D eigenvalue weighted by atomic mass is 32.1. The van der Waals surface area contributed by atoms with Gasteiger partial charge in [0.25, 0.3) is 0 Å². The molecule has 5 heteroatoms. The smallest absolute Gasteiger partial charge is 0.202 e. The first kappa shape index (κ1) is 11.4. The van der Waals surface area contributed by atoms with Crippen LogP contribution in [0.1, 0.15) is 38.9 Å². The van der Waals surface area contributed by atoms with Crippen molar-refractivity contribution in [2.24, 2.45) is 5.73 Å². The lowest BCUT2D eigenvalue weighted by Gasteiger charge is -2.07. The molecule has 0 amide bonds. The van der Waals surface area contributed by atoms with Crippen LogP contribution in [0.15, 0.2) is 0 Å². The Balaban J connectivity index is 2.44. The number of nitrogens with zero attached hydrogens (tertiary/aromatic N) is 2. The van der Waals surface area contributed by atoms with Gasteiger partial charge in [0.2, 0.25) is 5.13 Å². The number of nitrogens with two attached hydrogens (primary N) is 1. The lowest BCUT2D eigenvalue weighted by molar-refractivity contribution is 0.678. The van der Waals surface area contributed by atoms with Crippen molar-refractivity contribution in [3.63, 3.8) is 0 Å². The molecular weight excluding hydrogens is 196 g/mol. The van der Waals surface area contributed by atoms with Gasteiger partial charge in [0.15, 0.2) is 0 Å². The van der Waals surface area contributed by atoms with Crippen LogP contribution in [-0.2, 0) is 0 Å². The average Bonchev–Trinajstić information content (AvgIpc) is 2.62. The van der Waals surface area contributed by atoms with Gasteiger partial charge in [0.05, 0.1) is 0 Å². The van der Waals surface area contributed by atoms with Crippen LogP contribution in [-0.4, -0.2) is 21.9 Å². The minimum Gasteiger partial charge on any atom is -0.359 e. The van der Waals surface area contributed by atoms with E-state index in [-0.39, 0.29) is 6.04 Å². The van der Waals surface area contributed by atoms with E-state index in [9.17, 15) is 0 Å². The summed E-state index contributed by atoms with van der Waals surface area (Å²) in [5.74, 6) is 1.30. The van der Waals surface area contributed by atoms with Crippen molar-refractivity contribution in [3.8, 4) is 0 Å². The number of hydrogen-bond donors (Lipinski definition) is 2. The number of rotatable bonds is 5. The van der Waals surface area contributed by atoms with Gasteiger partial charge >= 0.3 is 0 Å². The molecule has 1 unspecified atom stereocenters. The average molecular weight is 214 g/mol. The summed E-state index contributed by atoms with van der Waals surface area (Å²) in [6, 6.07) is 0.196. The largest absolute Gasteiger partial charge is 0.359 e. The monoisotopic (exact) mass is 214 g/mol. The molecule has 1 atom stereocenters. The third-order valence-corrected chi connectivity index (χ3v) is 2.68. The van der Waals surface area contributed by atoms with E-state index in [1.165, 1.54) is 11.5 Å². The van der Waals surface area contributed by atoms with Gasteiger partial charge in [-0.1, -0.05) is 20.8 Å². The number of nitrogens with one attached hydrogen (secondary N) is 1. The molecule has 0 saturated carbocycles. The zero-order valence-electron chi connectivity index (χ0n) is 8.95. The topological polar surface area (TPSA) is 63.8 Å². The first-order valence-corrected chi connectivity index (χ1v) is 5.73. The highest BCUT2D eigenvalue weighted by Crippen LogP contribution is 2.16. The molecule has 0 aliphatic carbocycles. The molecule has 0 aromatic carbocycles. The van der Waals surface area contributed by atoms with Crippen molar-refractivity contribution in [2.45, 2.75) is 39.2 Å². The molecule has 3 N–H and O–H groups in total. The van der Waals surface area contributed by atoms with Gasteiger partial charge in [-0.3, -0.25) is 0 Å². The molecule has 0 radical (unpaired) electrons. The summed E-state index contributed by atoms with van der Waals surface area (Å²) in [4.78, 5) is 4.36. The van der Waals surface area contributed by atoms with E-state index in [2.05, 4.69) is 35.4 Å². The van der Waals surface area contributed by atoms with E-state index in [1.54, 1.807) is 0 Å². The van der Waals surface area contributed by atoms with E-state index in [0.717, 1.165) is 23.9 Å². The predicted molar refractivity (Wildman–Crippen MR) is 60.8 cm³/mol. The highest BCUT2D eigenvalue weighted by Gasteiger charge is 2.07. The molecule has 0 aliphatic rings. The van der Waals surface area contributed by atoms with E-state index >= 15 is 0 Å². The molecule has 0 saturated heterocycles. The molecule has 4 nitrogen and oxygen atoms in total. The number of anilines is 1. The summed E-state index contributed by atoms with van der Waals surface area (Å²) in [5, 5.41) is 4.06. The van der Waals surface area contributed by atoms with Crippen molar-refractivity contribution in [1.82, 2.24) is 9.36 Å². The van der Waals surface area contributed by atoms with Crippen molar-refractivity contribution in [1.29, 1.82) is 0 Å². The first-order valence-electron chi connectivity index (χ1n) is 4.96. The summed E-state index contributed by atoms with van der Waals surface area (Å²) < 4.78 is 4.25. The lowest BCUT2D eigenvalue weighted by atomic mass is 10.2. The van der Waals surface area contributed by atoms with Crippen LogP contribution in [0.2, 0.25) is 0 Å². The molecule has 0 bridgehead atoms. The Bertz CT molecular complexity index is 272. The predicted octanol–water partition coefficient (Wildman–Crippen LogP) is 1.81. The van der Waals surface area contributed by atoms with Gasteiger partial charge in [-0.05, 0) is 6.42 Å². The summed E-state index contributed by atoms with van der Waals surface area (Å²) in [6.07, 6.45) is 0.975. The fourth-order valence-corrected chi connectivity index (χ4v) is 1.62. The van der Waals surface area contributed by atoms with Crippen LogP contribution < -0.4 is 11.1 Å². The zero-order chi connectivity index (χ0) is 10.6. The molecule has 1 heterocycles. The summed E-state index contributed by atoms with van der Waals surface area (Å²) >= 11 is 1.40. The zero-order valence-corrected chi connectivity index (χ0v) is 9.77. The third kappa shape index (κ3) is 3.23. The Labute approximate surface area is 89.1 Å². The SMILES string of the molecule is CCC(N)CNc1nc(C(C)C)ns1. The standard InChI is InChI=1S/C9H18N4S/c1-4-7(10)5-11-9-12-8(6(2)3)13-14-9/h6-7H,4-5,10H2,1-3H3,(H,11,12,13). The van der Waals surface area contributed by atoms with Gasteiger partial charge in [-0.15, -0.1) is 0 Å². The highest BCUT2D eigenvalue weighted by molar-refractivity contribution is 7.09. The molecule has 1 aromatic heterocycles. The van der Waals surface area contributed by atoms with E-state index in [4.69, 9.17) is 5.73 Å². The van der Waals surface area contributed by atoms with Crippen molar-refractivity contribution < 1.29 is 0 Å². The molecule has 1 rings (SSSR count). The molecule has 1 aromatic rings. The molecule has 0 aliphatic heterocycles. The summed E-state index contributed by atoms with van der Waals surface area (Å²) in [7, 11) is 0. The number of hydrogen-bond acceptors (Lipinski definition) is 5. The fraction of sp³-hybridized carbons (Fsp3) is 0.778. The fourth-order valence-electron chi connectivity index (χ4n) is 0.904. The lowest BCUT2D eigenvalue weighted by Crippen LogP contribution is -2.27. The Morgan fingerprint density at radius 3 is 2.71 bits per heavy atom. The van der Waals surface area contributed by atoms with Gasteiger partial charge in [-0.2, -0.15) is 4.37 Å². The van der Waals surface area contributed by atoms with Crippen LogP contribution in [0, 0.1) is 0 Å². The molecule has 14 heavy (non-hydrogen) atoms. The summed E-state index contributed by atoms with van der Waals surface area (Å²) in [5.41, 5.74) is 5.78. The first-order chi connectivity index (χ1) is 6.63. The Kier molecular flexibility index (Phi) is 4.28. The summed E-state index contributed by atoms with van der Waals surface area (Å²) in [6.45, 7) is 7.02. The Hall–Kier alpha value is -0.680. The second-order valence-electron chi connectivity index (χ2n) is 3.66. The minimum atomic E-state index is 0.196. The second kappa shape index (κ2) is 5.26. The van der Waals surface area contributed by atoms with Crippen LogP contribution in [0.25, 0.3) is 0 Å². The van der Waals surface area contributed by atoms with Crippen LogP contribution >= 0.6 is 11.5 Å². The van der Waals surface area contributed by atoms with Gasteiger partial charge in [0, 0.05) is 30.0 Å². The molecular formula is C9H18N4S. The van der Waals surface area contributed by atoms with Crippen molar-refractivity contribution in [2.75, 3.05) is 11.9 Å². The molecule has 80 valence electrons. The van der Waals surface area contributed by atoms with Crippen molar-refractivity contribution >= 4 is 16.7 Å². The maximum Gasteiger partial charge on any atom is 0.202 e. The van der Waals surface area contributed by atoms with Crippen molar-refractivity contribution in [3.05, 3.63) is 5.82 Å². The van der Waals surface area contributed by atoms with E-state index < -0.39 is 0 Å². The van der Waals surface area contributed by atoms with Crippen LogP contribution in [0.3, 0.4) is 0 Å². The van der Waals surface area contributed by atoms with Gasteiger partial charge in [0.1, 0.15) is 5.82 Å². The molecule has 0 spiro atoms. The Morgan fingerprint density at radius 1 is 1.50 bits per heavy atom. The van der Waals surface area contributed by atoms with Crippen LogP contribution in [0.5, 0.6) is 0 Å². The minimum absolute atomic E-state index is 0.196. The van der Waals surface area contributed by atoms with E-state index in [0.29, 0.717) is 5.92 Å². The third-order valence-electron chi connectivity index (χ3n) is 2.00. The quantitative estimate of drug-likeness (QED) is 0.784. The normalized spacial score (nSPS) is 13.2.